The highest BCUT2D eigenvalue weighted by molar-refractivity contribution is 5.53. The molecule has 0 radical (unpaired) electrons. The summed E-state index contributed by atoms with van der Waals surface area (Å²) in [4.78, 5) is 11.4. The summed E-state index contributed by atoms with van der Waals surface area (Å²) in [7, 11) is 0. The molecule has 2 aromatic rings. The number of rotatable bonds is 1. The van der Waals surface area contributed by atoms with Gasteiger partial charge in [0.1, 0.15) is 24.5 Å². The van der Waals surface area contributed by atoms with Gasteiger partial charge in [-0.25, -0.2) is 9.97 Å². The van der Waals surface area contributed by atoms with Crippen LogP contribution in [0.2, 0.25) is 0 Å². The molecule has 1 spiro atoms. The van der Waals surface area contributed by atoms with E-state index in [-0.39, 0.29) is 11.7 Å². The molecule has 5 rings (SSSR count). The van der Waals surface area contributed by atoms with Crippen molar-refractivity contribution in [2.75, 3.05) is 24.6 Å². The summed E-state index contributed by atoms with van der Waals surface area (Å²) >= 11 is 0. The number of aromatic nitrogens is 2. The van der Waals surface area contributed by atoms with Crippen LogP contribution in [0.4, 0.5) is 5.82 Å². The predicted octanol–water partition coefficient (Wildman–Crippen LogP) is 2.08. The Morgan fingerprint density at radius 3 is 2.81 bits per heavy atom. The smallest absolute Gasteiger partial charge is 0.135 e. The normalized spacial score (nSPS) is 23.9. The molecule has 136 valence electrons. The molecule has 1 unspecified atom stereocenters. The average molecular weight is 353 g/mol. The molecule has 26 heavy (non-hydrogen) atoms. The van der Waals surface area contributed by atoms with Crippen LogP contribution in [0.5, 0.6) is 5.75 Å². The number of aliphatic hydroxyl groups excluding tert-OH is 1. The van der Waals surface area contributed by atoms with Crippen molar-refractivity contribution >= 4 is 5.82 Å². The number of aliphatic hydroxyl groups is 1. The molecule has 1 aromatic heterocycles. The third-order valence-electron chi connectivity index (χ3n) is 5.88. The Bertz CT molecular complexity index is 818. The highest BCUT2D eigenvalue weighted by Gasteiger charge is 2.42. The van der Waals surface area contributed by atoms with Crippen LogP contribution in [-0.2, 0) is 17.8 Å². The number of nitrogens with zero attached hydrogens (tertiary/aromatic N) is 3. The number of hydrogen-bond acceptors (Lipinski definition) is 6. The van der Waals surface area contributed by atoms with Crippen LogP contribution >= 0.6 is 0 Å². The van der Waals surface area contributed by atoms with E-state index in [0.717, 1.165) is 56.0 Å². The molecule has 0 bridgehead atoms. The number of anilines is 1. The van der Waals surface area contributed by atoms with Gasteiger partial charge in [-0.3, -0.25) is 0 Å². The van der Waals surface area contributed by atoms with Crippen molar-refractivity contribution in [3.63, 3.8) is 0 Å². The monoisotopic (exact) mass is 353 g/mol. The lowest BCUT2D eigenvalue weighted by Gasteiger charge is -2.39. The van der Waals surface area contributed by atoms with Gasteiger partial charge in [-0.05, 0) is 24.5 Å². The van der Waals surface area contributed by atoms with Gasteiger partial charge in [0.15, 0.2) is 0 Å². The maximum atomic E-state index is 9.84. The molecule has 6 nitrogen and oxygen atoms in total. The number of benzene rings is 1. The minimum Gasteiger partial charge on any atom is -0.487 e. The molecular weight excluding hydrogens is 330 g/mol. The first kappa shape index (κ1) is 16.0. The minimum atomic E-state index is -0.314. The lowest BCUT2D eigenvalue weighted by atomic mass is 9.87. The zero-order valence-electron chi connectivity index (χ0n) is 14.7. The van der Waals surface area contributed by atoms with Crippen molar-refractivity contribution in [2.45, 2.75) is 44.0 Å². The number of hydrogen-bond donors (Lipinski definition) is 1. The summed E-state index contributed by atoms with van der Waals surface area (Å²) in [6, 6.07) is 8.17. The molecular formula is C20H23N3O3. The number of fused-ring (bicyclic) bond motifs is 2. The summed E-state index contributed by atoms with van der Waals surface area (Å²) in [5.74, 6) is 1.95. The maximum Gasteiger partial charge on any atom is 0.135 e. The van der Waals surface area contributed by atoms with Crippen molar-refractivity contribution in [3.05, 3.63) is 47.4 Å². The number of ether oxygens (including phenoxy) is 2. The Morgan fingerprint density at radius 1 is 1.15 bits per heavy atom. The Morgan fingerprint density at radius 2 is 2.00 bits per heavy atom. The molecule has 0 amide bonds. The van der Waals surface area contributed by atoms with Crippen LogP contribution in [0.25, 0.3) is 0 Å². The molecule has 3 aliphatic rings. The van der Waals surface area contributed by atoms with Crippen LogP contribution in [0.3, 0.4) is 0 Å². The van der Waals surface area contributed by atoms with Crippen LogP contribution in [-0.4, -0.2) is 46.5 Å². The van der Waals surface area contributed by atoms with Gasteiger partial charge in [0, 0.05) is 31.5 Å². The highest BCUT2D eigenvalue weighted by Crippen LogP contribution is 2.38. The Kier molecular flexibility index (Phi) is 3.83. The fourth-order valence-electron chi connectivity index (χ4n) is 4.44. The fourth-order valence-corrected chi connectivity index (χ4v) is 4.44. The highest BCUT2D eigenvalue weighted by atomic mass is 16.5. The maximum absolute atomic E-state index is 9.84. The molecule has 0 saturated carbocycles. The molecule has 2 saturated heterocycles. The van der Waals surface area contributed by atoms with Gasteiger partial charge in [0.05, 0.1) is 24.0 Å². The number of para-hydroxylation sites is 1. The third-order valence-corrected chi connectivity index (χ3v) is 5.88. The van der Waals surface area contributed by atoms with Crippen LogP contribution in [0.15, 0.2) is 30.6 Å². The summed E-state index contributed by atoms with van der Waals surface area (Å²) < 4.78 is 11.9. The Hall–Kier alpha value is -2.18. The summed E-state index contributed by atoms with van der Waals surface area (Å²) in [5.41, 5.74) is 3.17. The van der Waals surface area contributed by atoms with Crippen molar-refractivity contribution in [1.29, 1.82) is 0 Å². The van der Waals surface area contributed by atoms with E-state index in [1.807, 2.05) is 18.2 Å². The average Bonchev–Trinajstić information content (AvgIpc) is 2.91. The third kappa shape index (κ3) is 2.73. The zero-order valence-corrected chi connectivity index (χ0v) is 14.7. The van der Waals surface area contributed by atoms with E-state index in [1.54, 1.807) is 6.33 Å². The molecule has 1 aromatic carbocycles. The molecule has 0 aliphatic carbocycles. The van der Waals surface area contributed by atoms with Gasteiger partial charge in [0.25, 0.3) is 0 Å². The van der Waals surface area contributed by atoms with E-state index in [4.69, 9.17) is 9.47 Å². The summed E-state index contributed by atoms with van der Waals surface area (Å²) in [5, 5.41) is 9.84. The van der Waals surface area contributed by atoms with Gasteiger partial charge in [-0.2, -0.15) is 0 Å². The van der Waals surface area contributed by atoms with Crippen molar-refractivity contribution in [3.8, 4) is 5.75 Å². The first-order chi connectivity index (χ1) is 12.7. The van der Waals surface area contributed by atoms with Gasteiger partial charge in [-0.15, -0.1) is 0 Å². The van der Waals surface area contributed by atoms with E-state index in [9.17, 15) is 5.11 Å². The van der Waals surface area contributed by atoms with Gasteiger partial charge in [0.2, 0.25) is 0 Å². The van der Waals surface area contributed by atoms with E-state index in [2.05, 4.69) is 20.9 Å². The van der Waals surface area contributed by atoms with E-state index in [0.29, 0.717) is 13.2 Å². The second-order valence-electron chi connectivity index (χ2n) is 7.53. The van der Waals surface area contributed by atoms with Crippen molar-refractivity contribution in [1.82, 2.24) is 9.97 Å². The number of piperidine rings is 1. The van der Waals surface area contributed by atoms with Crippen LogP contribution < -0.4 is 9.64 Å². The lowest BCUT2D eigenvalue weighted by molar-refractivity contribution is -0.0167. The lowest BCUT2D eigenvalue weighted by Crippen LogP contribution is -2.45. The molecule has 3 aliphatic heterocycles. The quantitative estimate of drug-likeness (QED) is 0.847. The summed E-state index contributed by atoms with van der Waals surface area (Å²) in [6.45, 7) is 2.73. The minimum absolute atomic E-state index is 0.143. The molecule has 4 heterocycles. The van der Waals surface area contributed by atoms with Crippen molar-refractivity contribution in [2.24, 2.45) is 0 Å². The second kappa shape index (κ2) is 6.21. The second-order valence-corrected chi connectivity index (χ2v) is 7.53. The Balaban J connectivity index is 1.42. The SMILES string of the molecule is OC1COC2(CCN(c3ncnc4c3Cc3ccccc3OC4)CC2)C1. The molecule has 1 N–H and O–H groups in total. The molecule has 6 heteroatoms. The Labute approximate surface area is 152 Å². The zero-order chi connectivity index (χ0) is 17.6. The standard InChI is InChI=1S/C20H23N3O3/c24-15-10-20(26-11-15)5-7-23(8-6-20)19-16-9-14-3-1-2-4-18(14)25-12-17(16)21-13-22-19/h1-4,13,15,24H,5-12H2. The summed E-state index contributed by atoms with van der Waals surface area (Å²) in [6.07, 6.45) is 4.73. The van der Waals surface area contributed by atoms with Crippen LogP contribution in [0.1, 0.15) is 36.1 Å². The first-order valence-corrected chi connectivity index (χ1v) is 9.33. The predicted molar refractivity (Wildman–Crippen MR) is 96.4 cm³/mol. The largest absolute Gasteiger partial charge is 0.487 e. The van der Waals surface area contributed by atoms with Crippen molar-refractivity contribution < 1.29 is 14.6 Å². The topological polar surface area (TPSA) is 67.7 Å². The fraction of sp³-hybridized carbons (Fsp3) is 0.500. The van der Waals surface area contributed by atoms with Crippen LogP contribution in [0, 0.1) is 0 Å². The molecule has 2 fully saturated rings. The first-order valence-electron chi connectivity index (χ1n) is 9.33. The molecule has 1 atom stereocenters. The van der Waals surface area contributed by atoms with E-state index in [1.165, 1.54) is 11.1 Å². The van der Waals surface area contributed by atoms with E-state index >= 15 is 0 Å². The van der Waals surface area contributed by atoms with Gasteiger partial charge in [-0.1, -0.05) is 18.2 Å². The van der Waals surface area contributed by atoms with Gasteiger partial charge >= 0.3 is 0 Å². The van der Waals surface area contributed by atoms with Gasteiger partial charge < -0.3 is 19.5 Å². The van der Waals surface area contributed by atoms with E-state index < -0.39 is 0 Å².